The summed E-state index contributed by atoms with van der Waals surface area (Å²) in [7, 11) is 0. The molecule has 2 N–H and O–H groups in total. The predicted molar refractivity (Wildman–Crippen MR) is 107 cm³/mol. The highest BCUT2D eigenvalue weighted by Crippen LogP contribution is 2.32. The van der Waals surface area contributed by atoms with E-state index in [1.165, 1.54) is 16.7 Å². The highest BCUT2D eigenvalue weighted by Gasteiger charge is 2.06. The number of hydrogen-bond acceptors (Lipinski definition) is 1. The maximum Gasteiger partial charge on any atom is 0.0399 e. The molecule has 0 aliphatic rings. The van der Waals surface area contributed by atoms with Crippen molar-refractivity contribution in [3.63, 3.8) is 0 Å². The summed E-state index contributed by atoms with van der Waals surface area (Å²) in [4.78, 5) is 0. The largest absolute Gasteiger partial charge is 0.398 e. The molecule has 0 saturated carbocycles. The monoisotopic (exact) mass is 321 g/mol. The molecule has 1 heteroatoms. The number of rotatable bonds is 3. The highest BCUT2D eigenvalue weighted by molar-refractivity contribution is 5.82. The van der Waals surface area contributed by atoms with E-state index in [1.54, 1.807) is 0 Å². The van der Waals surface area contributed by atoms with Gasteiger partial charge in [-0.15, -0.1) is 0 Å². The Bertz CT molecular complexity index is 971. The maximum absolute atomic E-state index is 6.34. The van der Waals surface area contributed by atoms with Crippen LogP contribution in [0.25, 0.3) is 33.4 Å². The average molecular weight is 321 g/mol. The molecule has 25 heavy (non-hydrogen) atoms. The van der Waals surface area contributed by atoms with Gasteiger partial charge in [0.1, 0.15) is 0 Å². The first-order valence-corrected chi connectivity index (χ1v) is 8.42. The van der Waals surface area contributed by atoms with Crippen molar-refractivity contribution in [1.29, 1.82) is 0 Å². The quantitative estimate of drug-likeness (QED) is 0.442. The molecule has 0 bridgehead atoms. The van der Waals surface area contributed by atoms with Gasteiger partial charge in [0.05, 0.1) is 0 Å². The van der Waals surface area contributed by atoms with Crippen LogP contribution in [0.3, 0.4) is 0 Å². The van der Waals surface area contributed by atoms with Crippen LogP contribution in [0.5, 0.6) is 0 Å². The van der Waals surface area contributed by atoms with Crippen molar-refractivity contribution < 1.29 is 0 Å². The van der Waals surface area contributed by atoms with Crippen molar-refractivity contribution in [2.45, 2.75) is 0 Å². The molecule has 0 fully saturated rings. The van der Waals surface area contributed by atoms with Gasteiger partial charge in [0.2, 0.25) is 0 Å². The maximum atomic E-state index is 6.34. The zero-order valence-corrected chi connectivity index (χ0v) is 13.9. The summed E-state index contributed by atoms with van der Waals surface area (Å²) in [6, 6.07) is 35.6. The van der Waals surface area contributed by atoms with Crippen LogP contribution in [0.15, 0.2) is 103 Å². The summed E-state index contributed by atoms with van der Waals surface area (Å²) < 4.78 is 0. The van der Waals surface area contributed by atoms with Crippen molar-refractivity contribution in [1.82, 2.24) is 0 Å². The third kappa shape index (κ3) is 3.17. The average Bonchev–Trinajstić information content (AvgIpc) is 2.69. The van der Waals surface area contributed by atoms with E-state index in [9.17, 15) is 0 Å². The first-order valence-electron chi connectivity index (χ1n) is 8.42. The number of nitrogens with two attached hydrogens (primary N) is 1. The molecule has 0 atom stereocenters. The van der Waals surface area contributed by atoms with Crippen LogP contribution in [0, 0.1) is 0 Å². The molecule has 0 aliphatic heterocycles. The van der Waals surface area contributed by atoms with Gasteiger partial charge in [-0.05, 0) is 33.9 Å². The normalized spacial score (nSPS) is 10.6. The predicted octanol–water partition coefficient (Wildman–Crippen LogP) is 6.27. The topological polar surface area (TPSA) is 26.0 Å². The lowest BCUT2D eigenvalue weighted by Crippen LogP contribution is -1.91. The standard InChI is InChI=1S/C24H19N/c25-24-17-22(19-9-5-2-6-10-19)15-16-23(24)21-13-11-20(12-14-21)18-7-3-1-4-8-18/h1-17H,25H2. The van der Waals surface area contributed by atoms with Crippen LogP contribution >= 0.6 is 0 Å². The lowest BCUT2D eigenvalue weighted by Gasteiger charge is -2.10. The van der Waals surface area contributed by atoms with Gasteiger partial charge in [-0.1, -0.05) is 97.1 Å². The fourth-order valence-corrected chi connectivity index (χ4v) is 3.11. The van der Waals surface area contributed by atoms with Crippen molar-refractivity contribution >= 4 is 5.69 Å². The van der Waals surface area contributed by atoms with Crippen LogP contribution in [0.4, 0.5) is 5.69 Å². The minimum absolute atomic E-state index is 0.800. The van der Waals surface area contributed by atoms with E-state index in [1.807, 2.05) is 24.3 Å². The number of anilines is 1. The van der Waals surface area contributed by atoms with Crippen LogP contribution < -0.4 is 5.73 Å². The SMILES string of the molecule is Nc1cc(-c2ccccc2)ccc1-c1ccc(-c2ccccc2)cc1. The van der Waals surface area contributed by atoms with Crippen molar-refractivity contribution in [2.24, 2.45) is 0 Å². The highest BCUT2D eigenvalue weighted by atomic mass is 14.6. The Hall–Kier alpha value is -3.32. The van der Waals surface area contributed by atoms with Crippen LogP contribution in [-0.4, -0.2) is 0 Å². The Labute approximate surface area is 148 Å². The molecular formula is C24H19N. The van der Waals surface area contributed by atoms with Crippen molar-refractivity contribution in [3.8, 4) is 33.4 Å². The minimum Gasteiger partial charge on any atom is -0.398 e. The molecule has 0 heterocycles. The molecule has 0 saturated heterocycles. The zero-order chi connectivity index (χ0) is 17.1. The Morgan fingerprint density at radius 2 is 0.840 bits per heavy atom. The van der Waals surface area contributed by atoms with Crippen molar-refractivity contribution in [3.05, 3.63) is 103 Å². The third-order valence-corrected chi connectivity index (χ3v) is 4.46. The van der Waals surface area contributed by atoms with Gasteiger partial charge in [0, 0.05) is 11.3 Å². The van der Waals surface area contributed by atoms with Crippen LogP contribution in [0.1, 0.15) is 0 Å². The summed E-state index contributed by atoms with van der Waals surface area (Å²) >= 11 is 0. The summed E-state index contributed by atoms with van der Waals surface area (Å²) in [5.41, 5.74) is 14.1. The van der Waals surface area contributed by atoms with Gasteiger partial charge in [-0.25, -0.2) is 0 Å². The molecular weight excluding hydrogens is 302 g/mol. The minimum atomic E-state index is 0.800. The van der Waals surface area contributed by atoms with Gasteiger partial charge < -0.3 is 5.73 Å². The van der Waals surface area contributed by atoms with E-state index < -0.39 is 0 Å². The molecule has 4 rings (SSSR count). The molecule has 0 aliphatic carbocycles. The molecule has 120 valence electrons. The third-order valence-electron chi connectivity index (χ3n) is 4.46. The molecule has 0 amide bonds. The summed E-state index contributed by atoms with van der Waals surface area (Å²) in [5.74, 6) is 0. The first-order chi connectivity index (χ1) is 12.3. The van der Waals surface area contributed by atoms with Gasteiger partial charge in [0.25, 0.3) is 0 Å². The lowest BCUT2D eigenvalue weighted by molar-refractivity contribution is 1.57. The van der Waals surface area contributed by atoms with Gasteiger partial charge in [-0.2, -0.15) is 0 Å². The number of hydrogen-bond donors (Lipinski definition) is 1. The zero-order valence-electron chi connectivity index (χ0n) is 13.9. The van der Waals surface area contributed by atoms with E-state index in [-0.39, 0.29) is 0 Å². The molecule has 0 radical (unpaired) electrons. The van der Waals surface area contributed by atoms with Crippen LogP contribution in [-0.2, 0) is 0 Å². The first kappa shape index (κ1) is 15.2. The fraction of sp³-hybridized carbons (Fsp3) is 0. The molecule has 0 aromatic heterocycles. The second-order valence-electron chi connectivity index (χ2n) is 6.11. The van der Waals surface area contributed by atoms with E-state index in [4.69, 9.17) is 5.73 Å². The molecule has 0 spiro atoms. The number of benzene rings is 4. The fourth-order valence-electron chi connectivity index (χ4n) is 3.11. The number of nitrogen functional groups attached to an aromatic ring is 1. The lowest BCUT2D eigenvalue weighted by atomic mass is 9.96. The Morgan fingerprint density at radius 3 is 1.40 bits per heavy atom. The van der Waals surface area contributed by atoms with Crippen LogP contribution in [0.2, 0.25) is 0 Å². The summed E-state index contributed by atoms with van der Waals surface area (Å²) in [6.45, 7) is 0. The Morgan fingerprint density at radius 1 is 0.400 bits per heavy atom. The Kier molecular flexibility index (Phi) is 4.05. The molecule has 4 aromatic carbocycles. The molecule has 0 unspecified atom stereocenters. The van der Waals surface area contributed by atoms with Gasteiger partial charge >= 0.3 is 0 Å². The second-order valence-corrected chi connectivity index (χ2v) is 6.11. The molecule has 1 nitrogen and oxygen atoms in total. The summed E-state index contributed by atoms with van der Waals surface area (Å²) in [5, 5.41) is 0. The van der Waals surface area contributed by atoms with E-state index >= 15 is 0 Å². The van der Waals surface area contributed by atoms with E-state index in [2.05, 4.69) is 78.9 Å². The summed E-state index contributed by atoms with van der Waals surface area (Å²) in [6.07, 6.45) is 0. The van der Waals surface area contributed by atoms with Gasteiger partial charge in [-0.3, -0.25) is 0 Å². The smallest absolute Gasteiger partial charge is 0.0399 e. The van der Waals surface area contributed by atoms with Crippen molar-refractivity contribution in [2.75, 3.05) is 5.73 Å². The van der Waals surface area contributed by atoms with E-state index in [0.29, 0.717) is 0 Å². The molecule has 4 aromatic rings. The van der Waals surface area contributed by atoms with Gasteiger partial charge in [0.15, 0.2) is 0 Å². The van der Waals surface area contributed by atoms with E-state index in [0.717, 1.165) is 22.4 Å². The second kappa shape index (κ2) is 6.66. The Balaban J connectivity index is 1.66.